The lowest BCUT2D eigenvalue weighted by molar-refractivity contribution is 0.0687. The largest absolute Gasteiger partial charge is 0.477 e. The van der Waals surface area contributed by atoms with E-state index in [1.165, 1.54) is 4.57 Å². The van der Waals surface area contributed by atoms with Gasteiger partial charge in [-0.3, -0.25) is 0 Å². The van der Waals surface area contributed by atoms with E-state index in [1.54, 1.807) is 13.2 Å². The van der Waals surface area contributed by atoms with Crippen molar-refractivity contribution in [3.05, 3.63) is 72.1 Å². The smallest absolute Gasteiger partial charge is 0.353 e. The Morgan fingerprint density at radius 1 is 0.960 bits per heavy atom. The van der Waals surface area contributed by atoms with E-state index in [-0.39, 0.29) is 5.69 Å². The first kappa shape index (κ1) is 18.0. The summed E-state index contributed by atoms with van der Waals surface area (Å²) in [6, 6.07) is 19.6. The fourth-order valence-corrected chi connectivity index (χ4v) is 2.72. The molecule has 1 heterocycles. The van der Waals surface area contributed by atoms with Crippen LogP contribution in [-0.2, 0) is 7.05 Å². The molecule has 3 aromatic rings. The molecule has 4 heteroatoms. The third-order valence-corrected chi connectivity index (χ3v) is 3.79. The Morgan fingerprint density at radius 2 is 1.48 bits per heavy atom. The van der Waals surface area contributed by atoms with E-state index in [2.05, 4.69) is 6.07 Å². The van der Waals surface area contributed by atoms with Crippen LogP contribution in [0.4, 0.5) is 0 Å². The minimum Gasteiger partial charge on any atom is -0.477 e. The summed E-state index contributed by atoms with van der Waals surface area (Å²) in [6.45, 7) is 4.00. The van der Waals surface area contributed by atoms with E-state index in [4.69, 9.17) is 0 Å². The lowest BCUT2D eigenvalue weighted by Gasteiger charge is -2.06. The lowest BCUT2D eigenvalue weighted by Crippen LogP contribution is -2.05. The number of hydrogen-bond donors (Lipinski definition) is 1. The van der Waals surface area contributed by atoms with E-state index >= 15 is 0 Å². The van der Waals surface area contributed by atoms with Crippen LogP contribution >= 0.6 is 0 Å². The fraction of sp³-hybridized carbons (Fsp3) is 0.143. The van der Waals surface area contributed by atoms with Gasteiger partial charge in [0, 0.05) is 18.8 Å². The van der Waals surface area contributed by atoms with Crippen molar-refractivity contribution in [2.24, 2.45) is 7.05 Å². The van der Waals surface area contributed by atoms with Crippen LogP contribution in [0, 0.1) is 11.3 Å². The maximum atomic E-state index is 11.5. The summed E-state index contributed by atoms with van der Waals surface area (Å²) in [4.78, 5) is 11.5. The number of hydrogen-bond acceptors (Lipinski definition) is 2. The number of aromatic carboxylic acids is 1. The van der Waals surface area contributed by atoms with Gasteiger partial charge in [0.05, 0.1) is 5.56 Å². The number of benzene rings is 2. The summed E-state index contributed by atoms with van der Waals surface area (Å²) in [6.07, 6.45) is 1.55. The molecule has 3 rings (SSSR count). The number of nitrogens with zero attached hydrogens (tertiary/aromatic N) is 2. The summed E-state index contributed by atoms with van der Waals surface area (Å²) in [5.41, 5.74) is 3.79. The standard InChI is InChI=1S/C19H14N2O2.C2H6/c1-21-12-16(11-20)17(18(21)19(22)23)15-9-7-14(8-10-15)13-5-3-2-4-6-13;1-2/h2-10,12H,1H3,(H,22,23);1-2H3. The number of nitriles is 1. The highest BCUT2D eigenvalue weighted by Crippen LogP contribution is 2.31. The Kier molecular flexibility index (Phi) is 5.75. The fourth-order valence-electron chi connectivity index (χ4n) is 2.72. The van der Waals surface area contributed by atoms with Crippen molar-refractivity contribution >= 4 is 5.97 Å². The zero-order valence-electron chi connectivity index (χ0n) is 14.5. The van der Waals surface area contributed by atoms with Gasteiger partial charge in [0.25, 0.3) is 0 Å². The van der Waals surface area contributed by atoms with Gasteiger partial charge >= 0.3 is 5.97 Å². The Bertz CT molecular complexity index is 902. The summed E-state index contributed by atoms with van der Waals surface area (Å²) < 4.78 is 1.47. The zero-order valence-corrected chi connectivity index (χ0v) is 14.5. The van der Waals surface area contributed by atoms with Crippen LogP contribution in [0.1, 0.15) is 29.9 Å². The quantitative estimate of drug-likeness (QED) is 0.737. The highest BCUT2D eigenvalue weighted by molar-refractivity contribution is 5.96. The second-order valence-electron chi connectivity index (χ2n) is 5.24. The monoisotopic (exact) mass is 332 g/mol. The maximum Gasteiger partial charge on any atom is 0.353 e. The molecule has 0 amide bonds. The number of rotatable bonds is 3. The molecule has 126 valence electrons. The van der Waals surface area contributed by atoms with Crippen LogP contribution in [-0.4, -0.2) is 15.6 Å². The normalized spacial score (nSPS) is 9.68. The molecular weight excluding hydrogens is 312 g/mol. The van der Waals surface area contributed by atoms with Crippen molar-refractivity contribution in [1.82, 2.24) is 4.57 Å². The topological polar surface area (TPSA) is 66.0 Å². The van der Waals surface area contributed by atoms with Gasteiger partial charge in [-0.05, 0) is 16.7 Å². The average Bonchev–Trinajstić information content (AvgIpc) is 3.01. The van der Waals surface area contributed by atoms with Gasteiger partial charge in [-0.2, -0.15) is 5.26 Å². The van der Waals surface area contributed by atoms with E-state index < -0.39 is 5.97 Å². The second kappa shape index (κ2) is 7.98. The number of carboxylic acids is 1. The van der Waals surface area contributed by atoms with Gasteiger partial charge < -0.3 is 9.67 Å². The molecule has 1 N–H and O–H groups in total. The van der Waals surface area contributed by atoms with Crippen LogP contribution in [0.3, 0.4) is 0 Å². The zero-order chi connectivity index (χ0) is 18.4. The molecule has 1 aromatic heterocycles. The summed E-state index contributed by atoms with van der Waals surface area (Å²) in [7, 11) is 1.63. The molecule has 2 aromatic carbocycles. The SMILES string of the molecule is CC.Cn1cc(C#N)c(-c2ccc(-c3ccccc3)cc2)c1C(=O)O. The first-order valence-electron chi connectivity index (χ1n) is 8.10. The van der Waals surface area contributed by atoms with Gasteiger partial charge in [0.15, 0.2) is 0 Å². The second-order valence-corrected chi connectivity index (χ2v) is 5.24. The molecule has 0 unspecified atom stereocenters. The van der Waals surface area contributed by atoms with Crippen LogP contribution in [0.25, 0.3) is 22.3 Å². The van der Waals surface area contributed by atoms with Crippen molar-refractivity contribution < 1.29 is 9.90 Å². The Balaban J connectivity index is 0.00000109. The first-order valence-corrected chi connectivity index (χ1v) is 8.10. The van der Waals surface area contributed by atoms with E-state index in [0.717, 1.165) is 16.7 Å². The lowest BCUT2D eigenvalue weighted by atomic mass is 9.98. The summed E-state index contributed by atoms with van der Waals surface area (Å²) in [5.74, 6) is -1.05. The van der Waals surface area contributed by atoms with Crippen LogP contribution in [0.15, 0.2) is 60.8 Å². The molecule has 0 aliphatic rings. The molecule has 0 aliphatic heterocycles. The third-order valence-electron chi connectivity index (χ3n) is 3.79. The van der Waals surface area contributed by atoms with Crippen molar-refractivity contribution in [3.63, 3.8) is 0 Å². The molecule has 0 saturated carbocycles. The van der Waals surface area contributed by atoms with Gasteiger partial charge in [0.1, 0.15) is 11.8 Å². The molecule has 0 bridgehead atoms. The number of aryl methyl sites for hydroxylation is 1. The number of carboxylic acid groups (broad SMARTS) is 1. The summed E-state index contributed by atoms with van der Waals surface area (Å²) >= 11 is 0. The highest BCUT2D eigenvalue weighted by Gasteiger charge is 2.21. The maximum absolute atomic E-state index is 11.5. The van der Waals surface area contributed by atoms with Crippen molar-refractivity contribution in [3.8, 4) is 28.3 Å². The molecule has 4 nitrogen and oxygen atoms in total. The van der Waals surface area contributed by atoms with Gasteiger partial charge in [0.2, 0.25) is 0 Å². The van der Waals surface area contributed by atoms with Crippen molar-refractivity contribution in [2.75, 3.05) is 0 Å². The highest BCUT2D eigenvalue weighted by atomic mass is 16.4. The predicted octanol–water partition coefficient (Wildman–Crippen LogP) is 4.96. The Morgan fingerprint density at radius 3 is 2.00 bits per heavy atom. The Hall–Kier alpha value is -3.32. The minimum absolute atomic E-state index is 0.119. The molecule has 0 radical (unpaired) electrons. The van der Waals surface area contributed by atoms with Crippen LogP contribution < -0.4 is 0 Å². The van der Waals surface area contributed by atoms with Gasteiger partial charge in [-0.1, -0.05) is 68.4 Å². The van der Waals surface area contributed by atoms with E-state index in [1.807, 2.05) is 68.4 Å². The predicted molar refractivity (Wildman–Crippen MR) is 99.3 cm³/mol. The summed E-state index contributed by atoms with van der Waals surface area (Å²) in [5, 5.41) is 18.7. The Labute approximate surface area is 147 Å². The molecule has 0 saturated heterocycles. The van der Waals surface area contributed by atoms with Gasteiger partial charge in [-0.25, -0.2) is 4.79 Å². The first-order chi connectivity index (χ1) is 12.1. The molecule has 0 atom stereocenters. The van der Waals surface area contributed by atoms with Crippen LogP contribution in [0.2, 0.25) is 0 Å². The molecule has 0 fully saturated rings. The van der Waals surface area contributed by atoms with Crippen LogP contribution in [0.5, 0.6) is 0 Å². The average molecular weight is 332 g/mol. The molecular formula is C21H20N2O2. The van der Waals surface area contributed by atoms with Crippen molar-refractivity contribution in [2.45, 2.75) is 13.8 Å². The van der Waals surface area contributed by atoms with Crippen molar-refractivity contribution in [1.29, 1.82) is 5.26 Å². The molecule has 0 aliphatic carbocycles. The molecule has 0 spiro atoms. The van der Waals surface area contributed by atoms with E-state index in [0.29, 0.717) is 11.1 Å². The van der Waals surface area contributed by atoms with Gasteiger partial charge in [-0.15, -0.1) is 0 Å². The molecule has 25 heavy (non-hydrogen) atoms. The van der Waals surface area contributed by atoms with E-state index in [9.17, 15) is 15.2 Å². The number of aromatic nitrogens is 1. The third kappa shape index (κ3) is 3.61. The minimum atomic E-state index is -1.05. The number of carbonyl (C=O) groups is 1.